The lowest BCUT2D eigenvalue weighted by molar-refractivity contribution is -0.384. The second-order valence-electron chi connectivity index (χ2n) is 11.5. The summed E-state index contributed by atoms with van der Waals surface area (Å²) in [4.78, 5) is 27.4. The number of non-ortho nitro benzene ring substituents is 1. The molecule has 2 aromatic rings. The van der Waals surface area contributed by atoms with Crippen molar-refractivity contribution in [3.05, 3.63) is 33.9 Å². The highest BCUT2D eigenvalue weighted by atomic mass is 16.6. The predicted octanol–water partition coefficient (Wildman–Crippen LogP) is 4.12. The highest BCUT2D eigenvalue weighted by molar-refractivity contribution is 5.69. The van der Waals surface area contributed by atoms with Gasteiger partial charge in [0.15, 0.2) is 0 Å². The number of hydrogen-bond donors (Lipinski definition) is 3. The molecule has 36 heavy (non-hydrogen) atoms. The maximum Gasteiger partial charge on any atom is 0.271 e. The van der Waals surface area contributed by atoms with E-state index in [0.717, 1.165) is 62.0 Å². The Hall–Kier alpha value is -3.01. The molecule has 4 fully saturated rings. The summed E-state index contributed by atoms with van der Waals surface area (Å²) in [5.41, 5.74) is 2.40. The molecule has 2 aliphatic heterocycles. The maximum atomic E-state index is 11.4. The summed E-state index contributed by atoms with van der Waals surface area (Å²) in [6, 6.07) is 5.37. The molecule has 3 atom stereocenters. The fourth-order valence-electron chi connectivity index (χ4n) is 6.90. The van der Waals surface area contributed by atoms with Gasteiger partial charge in [0.1, 0.15) is 0 Å². The average molecular weight is 493 g/mol. The molecule has 1 saturated heterocycles. The van der Waals surface area contributed by atoms with Crippen LogP contribution in [0.5, 0.6) is 0 Å². The number of nitrogens with zero attached hydrogens (tertiary/aromatic N) is 5. The van der Waals surface area contributed by atoms with E-state index < -0.39 is 0 Å². The highest BCUT2D eigenvalue weighted by Crippen LogP contribution is 2.61. The van der Waals surface area contributed by atoms with Crippen LogP contribution in [0.25, 0.3) is 0 Å². The maximum absolute atomic E-state index is 11.4. The standard InChI is InChI=1S/C26H36N8O2/c1-26(2)18-5-3-17(21(26)13-18)15-28-23-30-24(29-19-7-10-27-11-8-19)32-25(31-23)33-12-9-16-4-6-20(34(35)36)14-22(16)33/h4,6,14,17-19,21,27H,3,5,7-13,15H2,1-2H3,(H2,28,29,30,31,32)/t17-,18-,21-/m0/s1. The van der Waals surface area contributed by atoms with E-state index in [0.29, 0.717) is 41.8 Å². The van der Waals surface area contributed by atoms with E-state index in [-0.39, 0.29) is 10.6 Å². The van der Waals surface area contributed by atoms with Crippen LogP contribution < -0.4 is 20.9 Å². The summed E-state index contributed by atoms with van der Waals surface area (Å²) in [5, 5.41) is 21.9. The largest absolute Gasteiger partial charge is 0.354 e. The van der Waals surface area contributed by atoms with Crippen molar-refractivity contribution in [2.75, 3.05) is 41.7 Å². The molecule has 0 amide bonds. The summed E-state index contributed by atoms with van der Waals surface area (Å²) in [7, 11) is 0. The molecule has 1 aromatic heterocycles. The number of rotatable bonds is 7. The topological polar surface area (TPSA) is 121 Å². The molecule has 3 saturated carbocycles. The fraction of sp³-hybridized carbons (Fsp3) is 0.654. The molecule has 5 aliphatic rings. The first-order valence-corrected chi connectivity index (χ1v) is 13.4. The zero-order valence-electron chi connectivity index (χ0n) is 21.2. The van der Waals surface area contributed by atoms with Crippen molar-refractivity contribution in [3.8, 4) is 0 Å². The van der Waals surface area contributed by atoms with E-state index in [1.54, 1.807) is 12.1 Å². The fourth-order valence-corrected chi connectivity index (χ4v) is 6.90. The van der Waals surface area contributed by atoms with Crippen molar-refractivity contribution >= 4 is 29.2 Å². The number of aromatic nitrogens is 3. The van der Waals surface area contributed by atoms with Crippen LogP contribution in [0.1, 0.15) is 51.5 Å². The smallest absolute Gasteiger partial charge is 0.271 e. The van der Waals surface area contributed by atoms with Gasteiger partial charge in [-0.2, -0.15) is 15.0 Å². The minimum atomic E-state index is -0.349. The lowest BCUT2D eigenvalue weighted by Crippen LogP contribution is -2.53. The molecule has 3 N–H and O–H groups in total. The minimum absolute atomic E-state index is 0.0832. The SMILES string of the molecule is CC1(C)[C@H]2CC[C@@H](CNc3nc(NC4CCNCC4)nc(N4CCc5ccc([N+](=O)[O-])cc54)n3)[C@@H]1C2. The van der Waals surface area contributed by atoms with Gasteiger partial charge in [0.05, 0.1) is 10.6 Å². The van der Waals surface area contributed by atoms with E-state index in [9.17, 15) is 10.1 Å². The van der Waals surface area contributed by atoms with Gasteiger partial charge in [-0.05, 0) is 80.3 Å². The molecule has 7 rings (SSSR count). The number of hydrogen-bond acceptors (Lipinski definition) is 9. The second-order valence-corrected chi connectivity index (χ2v) is 11.5. The van der Waals surface area contributed by atoms with E-state index >= 15 is 0 Å². The number of nitrogens with one attached hydrogen (secondary N) is 3. The molecule has 1 aromatic carbocycles. The molecule has 10 nitrogen and oxygen atoms in total. The molecule has 0 radical (unpaired) electrons. The van der Waals surface area contributed by atoms with Crippen molar-refractivity contribution in [1.82, 2.24) is 20.3 Å². The highest BCUT2D eigenvalue weighted by Gasteiger charge is 2.53. The second kappa shape index (κ2) is 9.14. The number of piperidine rings is 1. The number of anilines is 4. The van der Waals surface area contributed by atoms with Gasteiger partial charge in [0.25, 0.3) is 5.69 Å². The van der Waals surface area contributed by atoms with E-state index in [1.807, 2.05) is 11.0 Å². The van der Waals surface area contributed by atoms with Crippen LogP contribution in [-0.4, -0.2) is 52.1 Å². The molecular formula is C26H36N8O2. The summed E-state index contributed by atoms with van der Waals surface area (Å²) in [6.07, 6.45) is 6.74. The van der Waals surface area contributed by atoms with Gasteiger partial charge in [-0.15, -0.1) is 0 Å². The third kappa shape index (κ3) is 4.25. The Bertz CT molecular complexity index is 1150. The Morgan fingerprint density at radius 2 is 1.94 bits per heavy atom. The molecule has 192 valence electrons. The van der Waals surface area contributed by atoms with E-state index in [2.05, 4.69) is 29.8 Å². The van der Waals surface area contributed by atoms with Crippen molar-refractivity contribution in [1.29, 1.82) is 0 Å². The monoisotopic (exact) mass is 492 g/mol. The number of fused-ring (bicyclic) bond motifs is 3. The molecule has 3 heterocycles. The predicted molar refractivity (Wildman–Crippen MR) is 140 cm³/mol. The van der Waals surface area contributed by atoms with Gasteiger partial charge in [-0.3, -0.25) is 10.1 Å². The Morgan fingerprint density at radius 3 is 2.69 bits per heavy atom. The van der Waals surface area contributed by atoms with Crippen molar-refractivity contribution < 1.29 is 4.92 Å². The molecule has 0 spiro atoms. The van der Waals surface area contributed by atoms with Gasteiger partial charge < -0.3 is 20.9 Å². The van der Waals surface area contributed by atoms with Gasteiger partial charge in [0.2, 0.25) is 17.8 Å². The first-order valence-electron chi connectivity index (χ1n) is 13.4. The lowest BCUT2D eigenvalue weighted by Gasteiger charge is -2.60. The van der Waals surface area contributed by atoms with Crippen molar-refractivity contribution in [2.45, 2.75) is 58.4 Å². The van der Waals surface area contributed by atoms with Crippen molar-refractivity contribution in [2.24, 2.45) is 23.2 Å². The first-order chi connectivity index (χ1) is 17.4. The number of benzene rings is 1. The van der Waals surface area contributed by atoms with Gasteiger partial charge in [-0.1, -0.05) is 19.9 Å². The van der Waals surface area contributed by atoms with Crippen LogP contribution in [0.4, 0.5) is 29.2 Å². The van der Waals surface area contributed by atoms with Crippen LogP contribution in [0, 0.1) is 33.3 Å². The molecule has 10 heteroatoms. The van der Waals surface area contributed by atoms with Gasteiger partial charge in [-0.25, -0.2) is 0 Å². The Kier molecular flexibility index (Phi) is 5.94. The third-order valence-electron chi connectivity index (χ3n) is 9.24. The van der Waals surface area contributed by atoms with Gasteiger partial charge in [0, 0.05) is 31.3 Å². The zero-order chi connectivity index (χ0) is 24.9. The van der Waals surface area contributed by atoms with Crippen LogP contribution >= 0.6 is 0 Å². The Morgan fingerprint density at radius 1 is 1.14 bits per heavy atom. The molecule has 2 bridgehead atoms. The van der Waals surface area contributed by atoms with Crippen LogP contribution in [0.15, 0.2) is 18.2 Å². The van der Waals surface area contributed by atoms with Crippen LogP contribution in [0.2, 0.25) is 0 Å². The summed E-state index contributed by atoms with van der Waals surface area (Å²) >= 11 is 0. The Labute approximate surface area is 211 Å². The van der Waals surface area contributed by atoms with E-state index in [1.165, 1.54) is 19.3 Å². The molecule has 3 aliphatic carbocycles. The molecular weight excluding hydrogens is 456 g/mol. The quantitative estimate of drug-likeness (QED) is 0.387. The van der Waals surface area contributed by atoms with Gasteiger partial charge >= 0.3 is 0 Å². The third-order valence-corrected chi connectivity index (χ3v) is 9.24. The Balaban J connectivity index is 1.27. The normalized spacial score (nSPS) is 26.7. The zero-order valence-corrected chi connectivity index (χ0v) is 21.2. The summed E-state index contributed by atoms with van der Waals surface area (Å²) < 4.78 is 0. The number of nitro benzene ring substituents is 1. The van der Waals surface area contributed by atoms with Crippen molar-refractivity contribution in [3.63, 3.8) is 0 Å². The number of nitro groups is 1. The molecule has 0 unspecified atom stereocenters. The average Bonchev–Trinajstić information content (AvgIpc) is 3.31. The minimum Gasteiger partial charge on any atom is -0.354 e. The summed E-state index contributed by atoms with van der Waals surface area (Å²) in [6.45, 7) is 8.34. The first kappa shape index (κ1) is 23.4. The van der Waals surface area contributed by atoms with Crippen LogP contribution in [0.3, 0.4) is 0 Å². The summed E-state index contributed by atoms with van der Waals surface area (Å²) in [5.74, 6) is 3.94. The van der Waals surface area contributed by atoms with Crippen LogP contribution in [-0.2, 0) is 6.42 Å². The lowest BCUT2D eigenvalue weighted by atomic mass is 9.45. The van der Waals surface area contributed by atoms with E-state index in [4.69, 9.17) is 15.0 Å².